The second kappa shape index (κ2) is 5.52. The summed E-state index contributed by atoms with van der Waals surface area (Å²) in [6.45, 7) is 3.24. The number of hydrogen-bond acceptors (Lipinski definition) is 3. The Kier molecular flexibility index (Phi) is 4.02. The molecule has 0 bridgehead atoms. The predicted octanol–water partition coefficient (Wildman–Crippen LogP) is 1.92. The van der Waals surface area contributed by atoms with Crippen LogP contribution in [0, 0.1) is 0 Å². The number of rotatable bonds is 4. The third-order valence-electron chi connectivity index (χ3n) is 3.48. The first-order valence-electron chi connectivity index (χ1n) is 6.51. The summed E-state index contributed by atoms with van der Waals surface area (Å²) in [5, 5.41) is 0. The summed E-state index contributed by atoms with van der Waals surface area (Å²) in [6, 6.07) is 4.10. The van der Waals surface area contributed by atoms with Gasteiger partial charge in [0.15, 0.2) is 0 Å². The van der Waals surface area contributed by atoms with E-state index in [0.717, 1.165) is 18.6 Å². The second-order valence-electron chi connectivity index (χ2n) is 4.59. The number of nitrogens with two attached hydrogens (primary N) is 2. The number of hydrogen-bond donors (Lipinski definition) is 2. The Morgan fingerprint density at radius 3 is 2.59 bits per heavy atom. The molecule has 0 radical (unpaired) electrons. The van der Waals surface area contributed by atoms with Crippen LogP contribution in [0.4, 0.5) is 0 Å². The highest BCUT2D eigenvalue weighted by Gasteiger charge is 2.20. The van der Waals surface area contributed by atoms with Gasteiger partial charge in [0, 0.05) is 12.6 Å². The van der Waals surface area contributed by atoms with E-state index in [2.05, 4.69) is 12.1 Å². The molecule has 3 heteroatoms. The molecule has 0 aliphatic heterocycles. The van der Waals surface area contributed by atoms with Crippen LogP contribution in [-0.4, -0.2) is 13.2 Å². The summed E-state index contributed by atoms with van der Waals surface area (Å²) in [5.74, 6) is 1.04. The summed E-state index contributed by atoms with van der Waals surface area (Å²) >= 11 is 0. The van der Waals surface area contributed by atoms with Crippen LogP contribution in [0.15, 0.2) is 12.1 Å². The van der Waals surface area contributed by atoms with Gasteiger partial charge in [-0.05, 0) is 55.4 Å². The van der Waals surface area contributed by atoms with Crippen molar-refractivity contribution in [3.05, 3.63) is 28.8 Å². The lowest BCUT2D eigenvalue weighted by Crippen LogP contribution is -2.23. The lowest BCUT2D eigenvalue weighted by molar-refractivity contribution is 0.334. The van der Waals surface area contributed by atoms with E-state index in [1.807, 2.05) is 6.92 Å². The molecule has 1 unspecified atom stereocenters. The smallest absolute Gasteiger partial charge is 0.122 e. The molecule has 0 aromatic heterocycles. The van der Waals surface area contributed by atoms with Crippen LogP contribution >= 0.6 is 0 Å². The molecule has 0 spiro atoms. The molecule has 1 aromatic rings. The maximum absolute atomic E-state index is 6.08. The predicted molar refractivity (Wildman–Crippen MR) is 70.2 cm³/mol. The van der Waals surface area contributed by atoms with Crippen LogP contribution in [-0.2, 0) is 12.8 Å². The van der Waals surface area contributed by atoms with Crippen molar-refractivity contribution in [1.82, 2.24) is 0 Å². The number of ether oxygens (including phenoxy) is 1. The van der Waals surface area contributed by atoms with Crippen molar-refractivity contribution in [1.29, 1.82) is 0 Å². The average molecular weight is 234 g/mol. The molecule has 0 heterocycles. The highest BCUT2D eigenvalue weighted by Crippen LogP contribution is 2.34. The fraction of sp³-hybridized carbons (Fsp3) is 0.571. The molecular weight excluding hydrogens is 212 g/mol. The van der Waals surface area contributed by atoms with Crippen molar-refractivity contribution in [2.45, 2.75) is 38.6 Å². The Balaban J connectivity index is 2.43. The van der Waals surface area contributed by atoms with E-state index in [1.54, 1.807) is 0 Å². The quantitative estimate of drug-likeness (QED) is 0.836. The van der Waals surface area contributed by atoms with Gasteiger partial charge in [-0.2, -0.15) is 0 Å². The highest BCUT2D eigenvalue weighted by atomic mass is 16.5. The molecular formula is C14H22N2O. The fourth-order valence-electron chi connectivity index (χ4n) is 2.63. The van der Waals surface area contributed by atoms with E-state index < -0.39 is 0 Å². The molecule has 3 nitrogen and oxygen atoms in total. The zero-order valence-electron chi connectivity index (χ0n) is 10.5. The third kappa shape index (κ3) is 2.45. The van der Waals surface area contributed by atoms with Crippen LogP contribution in [0.1, 0.15) is 42.5 Å². The van der Waals surface area contributed by atoms with Gasteiger partial charge in [-0.3, -0.25) is 0 Å². The Morgan fingerprint density at radius 1 is 1.24 bits per heavy atom. The van der Waals surface area contributed by atoms with Crippen molar-refractivity contribution >= 4 is 0 Å². The first kappa shape index (κ1) is 12.4. The first-order chi connectivity index (χ1) is 8.27. The standard InChI is InChI=1S/C14H22N2O/c1-2-17-14-8-7-11(13(16)9-15)10-5-3-4-6-12(10)14/h7-8,13H,2-6,9,15-16H2,1H3. The van der Waals surface area contributed by atoms with Crippen molar-refractivity contribution in [3.8, 4) is 5.75 Å². The van der Waals surface area contributed by atoms with Crippen LogP contribution < -0.4 is 16.2 Å². The van der Waals surface area contributed by atoms with Crippen LogP contribution in [0.2, 0.25) is 0 Å². The molecule has 1 aliphatic rings. The maximum atomic E-state index is 6.08. The number of fused-ring (bicyclic) bond motifs is 1. The van der Waals surface area contributed by atoms with Gasteiger partial charge in [-0.25, -0.2) is 0 Å². The van der Waals surface area contributed by atoms with Crippen molar-refractivity contribution in [3.63, 3.8) is 0 Å². The minimum Gasteiger partial charge on any atom is -0.494 e. The lowest BCUT2D eigenvalue weighted by atomic mass is 9.85. The van der Waals surface area contributed by atoms with Gasteiger partial charge in [-0.1, -0.05) is 6.07 Å². The van der Waals surface area contributed by atoms with Gasteiger partial charge in [0.2, 0.25) is 0 Å². The van der Waals surface area contributed by atoms with Gasteiger partial charge in [0.25, 0.3) is 0 Å². The minimum absolute atomic E-state index is 0.0440. The van der Waals surface area contributed by atoms with E-state index in [4.69, 9.17) is 16.2 Å². The molecule has 0 saturated heterocycles. The summed E-state index contributed by atoms with van der Waals surface area (Å²) in [6.07, 6.45) is 4.70. The maximum Gasteiger partial charge on any atom is 0.122 e. The summed E-state index contributed by atoms with van der Waals surface area (Å²) in [4.78, 5) is 0. The van der Waals surface area contributed by atoms with E-state index in [9.17, 15) is 0 Å². The second-order valence-corrected chi connectivity index (χ2v) is 4.59. The average Bonchev–Trinajstić information content (AvgIpc) is 2.38. The van der Waals surface area contributed by atoms with Gasteiger partial charge in [0.05, 0.1) is 6.61 Å². The summed E-state index contributed by atoms with van der Waals surface area (Å²) < 4.78 is 5.70. The monoisotopic (exact) mass is 234 g/mol. The topological polar surface area (TPSA) is 61.3 Å². The summed E-state index contributed by atoms with van der Waals surface area (Å²) in [5.41, 5.74) is 15.7. The fourth-order valence-corrected chi connectivity index (χ4v) is 2.63. The molecule has 2 rings (SSSR count). The molecule has 0 saturated carbocycles. The molecule has 17 heavy (non-hydrogen) atoms. The Bertz CT molecular complexity index is 390. The molecule has 94 valence electrons. The zero-order chi connectivity index (χ0) is 12.3. The van der Waals surface area contributed by atoms with E-state index in [1.165, 1.54) is 29.5 Å². The normalized spacial score (nSPS) is 16.4. The van der Waals surface area contributed by atoms with Gasteiger partial charge in [0.1, 0.15) is 5.75 Å². The van der Waals surface area contributed by atoms with Gasteiger partial charge in [-0.15, -0.1) is 0 Å². The van der Waals surface area contributed by atoms with Crippen LogP contribution in [0.25, 0.3) is 0 Å². The van der Waals surface area contributed by atoms with Crippen LogP contribution in [0.3, 0.4) is 0 Å². The van der Waals surface area contributed by atoms with Gasteiger partial charge >= 0.3 is 0 Å². The first-order valence-corrected chi connectivity index (χ1v) is 6.51. The van der Waals surface area contributed by atoms with Crippen molar-refractivity contribution in [2.75, 3.05) is 13.2 Å². The van der Waals surface area contributed by atoms with E-state index >= 15 is 0 Å². The SMILES string of the molecule is CCOc1ccc(C(N)CN)c2c1CCCC2. The molecule has 4 N–H and O–H groups in total. The van der Waals surface area contributed by atoms with Gasteiger partial charge < -0.3 is 16.2 Å². The number of benzene rings is 1. The van der Waals surface area contributed by atoms with E-state index in [-0.39, 0.29) is 6.04 Å². The minimum atomic E-state index is -0.0440. The van der Waals surface area contributed by atoms with Crippen molar-refractivity contribution in [2.24, 2.45) is 11.5 Å². The molecule has 1 aliphatic carbocycles. The Labute approximate surface area is 103 Å². The molecule has 0 fully saturated rings. The Hall–Kier alpha value is -1.06. The van der Waals surface area contributed by atoms with E-state index in [0.29, 0.717) is 13.2 Å². The highest BCUT2D eigenvalue weighted by molar-refractivity contribution is 5.47. The lowest BCUT2D eigenvalue weighted by Gasteiger charge is -2.24. The molecule has 1 atom stereocenters. The zero-order valence-corrected chi connectivity index (χ0v) is 10.5. The Morgan fingerprint density at radius 2 is 1.94 bits per heavy atom. The largest absolute Gasteiger partial charge is 0.494 e. The van der Waals surface area contributed by atoms with Crippen LogP contribution in [0.5, 0.6) is 5.75 Å². The van der Waals surface area contributed by atoms with Crippen molar-refractivity contribution < 1.29 is 4.74 Å². The molecule has 1 aromatic carbocycles. The summed E-state index contributed by atoms with van der Waals surface area (Å²) in [7, 11) is 0. The molecule has 0 amide bonds. The third-order valence-corrected chi connectivity index (χ3v) is 3.48.